The first-order chi connectivity index (χ1) is 2.89. The highest BCUT2D eigenvalue weighted by Crippen LogP contribution is 2.45. The fourth-order valence-electron chi connectivity index (χ4n) is 0.711. The van der Waals surface area contributed by atoms with Gasteiger partial charge >= 0.3 is 0 Å². The summed E-state index contributed by atoms with van der Waals surface area (Å²) in [5.74, 6) is 0. The summed E-state index contributed by atoms with van der Waals surface area (Å²) in [6, 6.07) is 0. The summed E-state index contributed by atoms with van der Waals surface area (Å²) in [5.41, 5.74) is 4.06. The Kier molecular flexibility index (Phi) is 0.168. The molecule has 0 saturated heterocycles. The van der Waals surface area contributed by atoms with E-state index >= 15 is 0 Å². The Bertz CT molecular complexity index is 162. The molecule has 0 bridgehead atoms. The van der Waals surface area contributed by atoms with Crippen LogP contribution < -0.4 is 0 Å². The Labute approximate surface area is 36.5 Å². The summed E-state index contributed by atoms with van der Waals surface area (Å²) < 4.78 is 0. The third kappa shape index (κ3) is 0.0785. The first-order valence-corrected chi connectivity index (χ1v) is 2.01. The Hall–Kier alpha value is -0.780. The van der Waals surface area contributed by atoms with Crippen molar-refractivity contribution in [2.45, 2.75) is 0 Å². The second-order valence-corrected chi connectivity index (χ2v) is 1.64. The molecule has 0 aromatic rings. The molecule has 0 radical (unpaired) electrons. The van der Waals surface area contributed by atoms with Gasteiger partial charge in [0, 0.05) is 0 Å². The monoisotopic (exact) mass is 76.0 g/mol. The van der Waals surface area contributed by atoms with E-state index in [0.717, 1.165) is 0 Å². The van der Waals surface area contributed by atoms with E-state index in [1.165, 1.54) is 16.7 Å². The van der Waals surface area contributed by atoms with Crippen LogP contribution in [0.5, 0.6) is 0 Å². The van der Waals surface area contributed by atoms with Gasteiger partial charge in [-0.15, -0.1) is 0 Å². The van der Waals surface area contributed by atoms with E-state index < -0.39 is 0 Å². The van der Waals surface area contributed by atoms with E-state index in [-0.39, 0.29) is 0 Å². The second-order valence-electron chi connectivity index (χ2n) is 1.64. The molecule has 0 spiro atoms. The molecular formula is C6H4. The Balaban J connectivity index is 2.56. The summed E-state index contributed by atoms with van der Waals surface area (Å²) in [6.07, 6.45) is 4.19. The summed E-state index contributed by atoms with van der Waals surface area (Å²) >= 11 is 0. The molecule has 0 N–H and O–H groups in total. The van der Waals surface area contributed by atoms with Crippen molar-refractivity contribution >= 4 is 0 Å². The van der Waals surface area contributed by atoms with E-state index in [0.29, 0.717) is 0 Å². The lowest BCUT2D eigenvalue weighted by Gasteiger charge is -1.74. The fourth-order valence-corrected chi connectivity index (χ4v) is 0.711. The molecule has 0 unspecified atom stereocenters. The van der Waals surface area contributed by atoms with Crippen LogP contribution in [0.15, 0.2) is 35.5 Å². The van der Waals surface area contributed by atoms with Crippen LogP contribution in [-0.2, 0) is 0 Å². The molecule has 0 aliphatic heterocycles. The van der Waals surface area contributed by atoms with Crippen LogP contribution in [-0.4, -0.2) is 0 Å². The van der Waals surface area contributed by atoms with Crippen LogP contribution in [0.1, 0.15) is 0 Å². The van der Waals surface area contributed by atoms with Gasteiger partial charge in [0.25, 0.3) is 0 Å². The summed E-state index contributed by atoms with van der Waals surface area (Å²) in [4.78, 5) is 0. The highest BCUT2D eigenvalue weighted by Gasteiger charge is 2.28. The van der Waals surface area contributed by atoms with Gasteiger partial charge in [-0.25, -0.2) is 0 Å². The number of rotatable bonds is 0. The number of hydrogen-bond donors (Lipinski definition) is 0. The quantitative estimate of drug-likeness (QED) is 0.409. The van der Waals surface area contributed by atoms with Crippen molar-refractivity contribution in [3.05, 3.63) is 35.5 Å². The zero-order chi connectivity index (χ0) is 4.15. The van der Waals surface area contributed by atoms with Crippen LogP contribution in [0.4, 0.5) is 0 Å². The molecule has 0 saturated carbocycles. The van der Waals surface area contributed by atoms with Gasteiger partial charge in [-0.05, 0) is 16.7 Å². The maximum absolute atomic E-state index is 3.75. The van der Waals surface area contributed by atoms with Gasteiger partial charge in [-0.1, -0.05) is 18.7 Å². The van der Waals surface area contributed by atoms with Crippen molar-refractivity contribution < 1.29 is 0 Å². The van der Waals surface area contributed by atoms with E-state index in [2.05, 4.69) is 18.7 Å². The lowest BCUT2D eigenvalue weighted by molar-refractivity contribution is 1.81. The molecule has 0 amide bonds. The maximum atomic E-state index is 3.75. The minimum atomic E-state index is 1.26. The van der Waals surface area contributed by atoms with Crippen LogP contribution in [0.2, 0.25) is 0 Å². The predicted molar refractivity (Wildman–Crippen MR) is 25.3 cm³/mol. The fraction of sp³-hybridized carbons (Fsp3) is 0. The van der Waals surface area contributed by atoms with Gasteiger partial charge in [0.1, 0.15) is 0 Å². The van der Waals surface area contributed by atoms with E-state index in [1.54, 1.807) is 0 Å². The van der Waals surface area contributed by atoms with E-state index in [9.17, 15) is 0 Å². The number of allylic oxidation sites excluding steroid dienone is 5. The normalized spacial score (nSPS) is 23.7. The first kappa shape index (κ1) is 2.40. The molecule has 6 heavy (non-hydrogen) atoms. The van der Waals surface area contributed by atoms with Gasteiger partial charge in [-0.2, -0.15) is 0 Å². The standard InChI is InChI=1S/C6H4/c1-4-5-2-3-6(4)5/h2-3H,1H2. The predicted octanol–water partition coefficient (Wildman–Crippen LogP) is 1.42. The molecule has 0 nitrogen and oxygen atoms in total. The zero-order valence-electron chi connectivity index (χ0n) is 3.36. The van der Waals surface area contributed by atoms with Crippen LogP contribution in [0.3, 0.4) is 0 Å². The molecule has 0 aromatic carbocycles. The lowest BCUT2D eigenvalue weighted by atomic mass is 10.3. The maximum Gasteiger partial charge on any atom is -0.0105 e. The molecule has 0 heterocycles. The van der Waals surface area contributed by atoms with Crippen molar-refractivity contribution in [2.75, 3.05) is 0 Å². The Morgan fingerprint density at radius 1 is 1.17 bits per heavy atom. The van der Waals surface area contributed by atoms with Crippen molar-refractivity contribution in [1.29, 1.82) is 0 Å². The summed E-state index contributed by atoms with van der Waals surface area (Å²) in [7, 11) is 0. The molecule has 0 atom stereocenters. The molecule has 2 aliphatic rings. The van der Waals surface area contributed by atoms with Gasteiger partial charge in [-0.3, -0.25) is 0 Å². The summed E-state index contributed by atoms with van der Waals surface area (Å²) in [6.45, 7) is 3.75. The van der Waals surface area contributed by atoms with Crippen LogP contribution in [0, 0.1) is 0 Å². The van der Waals surface area contributed by atoms with Crippen molar-refractivity contribution in [1.82, 2.24) is 0 Å². The topological polar surface area (TPSA) is 0 Å². The largest absolute Gasteiger partial charge is 0.0905 e. The van der Waals surface area contributed by atoms with Crippen LogP contribution in [0.25, 0.3) is 0 Å². The SMILES string of the molecule is C=C1C2=C1C=C2. The Morgan fingerprint density at radius 3 is 1.67 bits per heavy atom. The Morgan fingerprint density at radius 2 is 1.67 bits per heavy atom. The second kappa shape index (κ2) is 0.419. The third-order valence-corrected chi connectivity index (χ3v) is 1.29. The van der Waals surface area contributed by atoms with Gasteiger partial charge in [0.15, 0.2) is 0 Å². The first-order valence-electron chi connectivity index (χ1n) is 2.01. The number of hydrogen-bond acceptors (Lipinski definition) is 0. The molecule has 2 rings (SSSR count). The molecular weight excluding hydrogens is 72.1 g/mol. The minimum absolute atomic E-state index is 1.26. The highest BCUT2D eigenvalue weighted by atomic mass is 14.3. The molecule has 2 aliphatic carbocycles. The smallest absolute Gasteiger partial charge is 0.0105 e. The molecule has 0 heteroatoms. The van der Waals surface area contributed by atoms with Gasteiger partial charge in [0.2, 0.25) is 0 Å². The zero-order valence-corrected chi connectivity index (χ0v) is 3.36. The average Bonchev–Trinajstić information content (AvgIpc) is 1.63. The van der Waals surface area contributed by atoms with Crippen LogP contribution >= 0.6 is 0 Å². The average molecular weight is 76.1 g/mol. The van der Waals surface area contributed by atoms with Gasteiger partial charge < -0.3 is 0 Å². The highest BCUT2D eigenvalue weighted by molar-refractivity contribution is 5.81. The minimum Gasteiger partial charge on any atom is -0.0905 e. The van der Waals surface area contributed by atoms with Crippen molar-refractivity contribution in [2.24, 2.45) is 0 Å². The van der Waals surface area contributed by atoms with E-state index in [4.69, 9.17) is 0 Å². The molecule has 28 valence electrons. The summed E-state index contributed by atoms with van der Waals surface area (Å²) in [5, 5.41) is 0. The van der Waals surface area contributed by atoms with Crippen molar-refractivity contribution in [3.63, 3.8) is 0 Å². The third-order valence-electron chi connectivity index (χ3n) is 1.29. The molecule has 0 fully saturated rings. The van der Waals surface area contributed by atoms with Crippen molar-refractivity contribution in [3.8, 4) is 0 Å². The molecule has 0 aromatic heterocycles. The van der Waals surface area contributed by atoms with E-state index in [1.807, 2.05) is 0 Å². The lowest BCUT2D eigenvalue weighted by Crippen LogP contribution is -1.55. The van der Waals surface area contributed by atoms with Gasteiger partial charge in [0.05, 0.1) is 0 Å².